The molecule has 1 amide bonds. The van der Waals surface area contributed by atoms with Gasteiger partial charge in [0.05, 0.1) is 4.92 Å². The van der Waals surface area contributed by atoms with Gasteiger partial charge >= 0.3 is 0 Å². The molecule has 0 spiro atoms. The van der Waals surface area contributed by atoms with Gasteiger partial charge in [-0.1, -0.05) is 18.2 Å². The number of phenols is 1. The molecule has 0 aliphatic rings. The number of fused-ring (bicyclic) bond motifs is 1. The van der Waals surface area contributed by atoms with Crippen molar-refractivity contribution in [3.8, 4) is 5.75 Å². The quantitative estimate of drug-likeness (QED) is 0.371. The third-order valence-electron chi connectivity index (χ3n) is 3.66. The molecule has 0 bridgehead atoms. The first-order valence-corrected chi connectivity index (χ1v) is 7.93. The zero-order valence-corrected chi connectivity index (χ0v) is 14.1. The molecule has 26 heavy (non-hydrogen) atoms. The fraction of sp³-hybridized carbons (Fsp3) is 0. The highest BCUT2D eigenvalue weighted by Crippen LogP contribution is 2.26. The molecule has 3 N–H and O–H groups in total. The maximum Gasteiger partial charge on any atom is 0.270 e. The zero-order valence-electron chi connectivity index (χ0n) is 13.3. The highest BCUT2D eigenvalue weighted by atomic mass is 32.1. The van der Waals surface area contributed by atoms with Crippen molar-refractivity contribution in [3.05, 3.63) is 76.3 Å². The van der Waals surface area contributed by atoms with Crippen LogP contribution in [0.4, 0.5) is 11.4 Å². The lowest BCUT2D eigenvalue weighted by molar-refractivity contribution is -0.384. The van der Waals surface area contributed by atoms with Crippen LogP contribution in [0.1, 0.15) is 10.4 Å². The number of aromatic hydroxyl groups is 1. The molecule has 3 rings (SSSR count). The maximum atomic E-state index is 12.2. The van der Waals surface area contributed by atoms with Crippen LogP contribution in [0.15, 0.2) is 60.7 Å². The topological polar surface area (TPSA) is 104 Å². The van der Waals surface area contributed by atoms with Gasteiger partial charge in [-0.15, -0.1) is 0 Å². The molecule has 0 saturated heterocycles. The second-order valence-corrected chi connectivity index (χ2v) is 5.83. The van der Waals surface area contributed by atoms with E-state index >= 15 is 0 Å². The van der Waals surface area contributed by atoms with Crippen molar-refractivity contribution < 1.29 is 14.8 Å². The molecule has 0 fully saturated rings. The molecular formula is C18H13N3O4S. The van der Waals surface area contributed by atoms with Crippen molar-refractivity contribution >= 4 is 45.4 Å². The van der Waals surface area contributed by atoms with Crippen LogP contribution in [0, 0.1) is 10.1 Å². The highest BCUT2D eigenvalue weighted by molar-refractivity contribution is 7.80. The van der Waals surface area contributed by atoms with Crippen LogP contribution in [0.2, 0.25) is 0 Å². The summed E-state index contributed by atoms with van der Waals surface area (Å²) in [5.41, 5.74) is 0.614. The Morgan fingerprint density at radius 2 is 1.85 bits per heavy atom. The lowest BCUT2D eigenvalue weighted by Gasteiger charge is -2.12. The van der Waals surface area contributed by atoms with Gasteiger partial charge < -0.3 is 10.4 Å². The lowest BCUT2D eigenvalue weighted by atomic mass is 10.1. The van der Waals surface area contributed by atoms with Crippen molar-refractivity contribution in [2.45, 2.75) is 0 Å². The largest absolute Gasteiger partial charge is 0.508 e. The molecule has 0 aromatic heterocycles. The van der Waals surface area contributed by atoms with Gasteiger partial charge in [0.25, 0.3) is 11.6 Å². The van der Waals surface area contributed by atoms with Crippen molar-refractivity contribution in [1.29, 1.82) is 0 Å². The van der Waals surface area contributed by atoms with E-state index < -0.39 is 10.8 Å². The Bertz CT molecular complexity index is 1040. The Balaban J connectivity index is 1.76. The first-order chi connectivity index (χ1) is 12.4. The Hall–Kier alpha value is -3.52. The van der Waals surface area contributed by atoms with E-state index in [1.165, 1.54) is 24.3 Å². The molecule has 3 aromatic carbocycles. The zero-order chi connectivity index (χ0) is 18.7. The van der Waals surface area contributed by atoms with Gasteiger partial charge in [0.1, 0.15) is 5.75 Å². The van der Waals surface area contributed by atoms with Crippen molar-refractivity contribution in [2.24, 2.45) is 0 Å². The van der Waals surface area contributed by atoms with Gasteiger partial charge in [-0.25, -0.2) is 0 Å². The van der Waals surface area contributed by atoms with E-state index in [0.717, 1.165) is 10.8 Å². The number of carbonyl (C=O) groups excluding carboxylic acids is 1. The van der Waals surface area contributed by atoms with Crippen LogP contribution in [-0.4, -0.2) is 21.0 Å². The first-order valence-electron chi connectivity index (χ1n) is 7.52. The third kappa shape index (κ3) is 3.76. The second-order valence-electron chi connectivity index (χ2n) is 5.43. The van der Waals surface area contributed by atoms with E-state index in [-0.39, 0.29) is 22.1 Å². The van der Waals surface area contributed by atoms with Crippen LogP contribution in [0.5, 0.6) is 5.75 Å². The van der Waals surface area contributed by atoms with Crippen LogP contribution >= 0.6 is 12.2 Å². The molecule has 0 radical (unpaired) electrons. The van der Waals surface area contributed by atoms with Gasteiger partial charge in [0, 0.05) is 28.8 Å². The fourth-order valence-electron chi connectivity index (χ4n) is 2.47. The van der Waals surface area contributed by atoms with Gasteiger partial charge in [0.2, 0.25) is 0 Å². The van der Waals surface area contributed by atoms with E-state index in [9.17, 15) is 20.0 Å². The normalized spacial score (nSPS) is 10.3. The lowest BCUT2D eigenvalue weighted by Crippen LogP contribution is -2.34. The summed E-state index contributed by atoms with van der Waals surface area (Å²) in [6.45, 7) is 0. The van der Waals surface area contributed by atoms with Crippen LogP contribution in [0.25, 0.3) is 10.8 Å². The maximum absolute atomic E-state index is 12.2. The number of hydrogen-bond acceptors (Lipinski definition) is 5. The minimum absolute atomic E-state index is 0.0575. The van der Waals surface area contributed by atoms with Gasteiger partial charge in [-0.05, 0) is 47.9 Å². The number of carbonyl (C=O) groups is 1. The number of anilines is 1. The van der Waals surface area contributed by atoms with Crippen molar-refractivity contribution in [2.75, 3.05) is 5.32 Å². The monoisotopic (exact) mass is 367 g/mol. The number of rotatable bonds is 3. The minimum Gasteiger partial charge on any atom is -0.508 e. The first kappa shape index (κ1) is 17.3. The van der Waals surface area contributed by atoms with Gasteiger partial charge in [-0.2, -0.15) is 0 Å². The number of benzene rings is 3. The standard InChI is InChI=1S/C18H13N3O4S/c22-14-7-8-15-11(10-14)3-2-6-16(15)19-18(26)20-17(23)12-4-1-5-13(9-12)21(24)25/h1-10,22H,(H2,19,20,23,26). The number of amides is 1. The van der Waals surface area contributed by atoms with Crippen molar-refractivity contribution in [1.82, 2.24) is 5.32 Å². The number of nitro benzene ring substituents is 1. The molecule has 0 aliphatic carbocycles. The SMILES string of the molecule is O=C(NC(=S)Nc1cccc2cc(O)ccc12)c1cccc([N+](=O)[O-])c1. The summed E-state index contributed by atoms with van der Waals surface area (Å²) in [6, 6.07) is 15.7. The minimum atomic E-state index is -0.571. The number of non-ortho nitro benzene ring substituents is 1. The van der Waals surface area contributed by atoms with Crippen molar-refractivity contribution in [3.63, 3.8) is 0 Å². The van der Waals surface area contributed by atoms with E-state index in [0.29, 0.717) is 5.69 Å². The highest BCUT2D eigenvalue weighted by Gasteiger charge is 2.13. The summed E-state index contributed by atoms with van der Waals surface area (Å²) in [4.78, 5) is 22.5. The molecule has 130 valence electrons. The summed E-state index contributed by atoms with van der Waals surface area (Å²) in [5, 5.41) is 27.5. The third-order valence-corrected chi connectivity index (χ3v) is 3.86. The average Bonchev–Trinajstić information content (AvgIpc) is 2.61. The number of phenolic OH excluding ortho intramolecular Hbond substituents is 1. The number of hydrogen-bond donors (Lipinski definition) is 3. The number of thiocarbonyl (C=S) groups is 1. The smallest absolute Gasteiger partial charge is 0.270 e. The van der Waals surface area contributed by atoms with Crippen LogP contribution in [-0.2, 0) is 0 Å². The van der Waals surface area contributed by atoms with Gasteiger partial charge in [-0.3, -0.25) is 20.2 Å². The second kappa shape index (κ2) is 7.16. The summed E-state index contributed by atoms with van der Waals surface area (Å²) >= 11 is 5.16. The summed E-state index contributed by atoms with van der Waals surface area (Å²) in [5.74, 6) is -0.403. The molecule has 0 saturated carbocycles. The summed E-state index contributed by atoms with van der Waals surface area (Å²) in [6.07, 6.45) is 0. The molecule has 0 heterocycles. The molecular weight excluding hydrogens is 354 g/mol. The summed E-state index contributed by atoms with van der Waals surface area (Å²) < 4.78 is 0. The summed E-state index contributed by atoms with van der Waals surface area (Å²) in [7, 11) is 0. The Kier molecular flexibility index (Phi) is 4.76. The van der Waals surface area contributed by atoms with E-state index in [1.807, 2.05) is 6.07 Å². The molecule has 7 nitrogen and oxygen atoms in total. The number of nitrogens with one attached hydrogen (secondary N) is 2. The predicted octanol–water partition coefficient (Wildman–Crippen LogP) is 3.58. The van der Waals surface area contributed by atoms with E-state index in [4.69, 9.17) is 12.2 Å². The van der Waals surface area contributed by atoms with Gasteiger partial charge in [0.15, 0.2) is 5.11 Å². The number of nitrogens with zero attached hydrogens (tertiary/aromatic N) is 1. The Morgan fingerprint density at radius 3 is 2.62 bits per heavy atom. The predicted molar refractivity (Wildman–Crippen MR) is 102 cm³/mol. The molecule has 0 aliphatic heterocycles. The Morgan fingerprint density at radius 1 is 1.08 bits per heavy atom. The Labute approximate surface area is 153 Å². The number of nitro groups is 1. The molecule has 0 atom stereocenters. The molecule has 3 aromatic rings. The average molecular weight is 367 g/mol. The fourth-order valence-corrected chi connectivity index (χ4v) is 2.67. The molecule has 0 unspecified atom stereocenters. The van der Waals surface area contributed by atoms with E-state index in [1.54, 1.807) is 30.3 Å². The van der Waals surface area contributed by atoms with Crippen LogP contribution < -0.4 is 10.6 Å². The molecule has 8 heteroatoms. The van der Waals surface area contributed by atoms with E-state index in [2.05, 4.69) is 10.6 Å². The van der Waals surface area contributed by atoms with Crippen LogP contribution in [0.3, 0.4) is 0 Å².